The number of likely N-dealkylation sites (N-methyl/N-ethyl adjacent to an activating group) is 1. The standard InChI is InChI=1S/C25H22N6O3/c1-29-20(14-34-15-22(29)32)13-30-21-10-18(17-9-16-7-8-26-23(16)27-11-17)12-28-24(21)31(25(30)33)19-5-3-2-4-6-19/h2-12,20H,13-15H2,1H3,(H,26,27)/t20-/m0/s1. The lowest BCUT2D eigenvalue weighted by atomic mass is 10.1. The first-order chi connectivity index (χ1) is 16.6. The van der Waals surface area contributed by atoms with Crippen molar-refractivity contribution in [2.45, 2.75) is 12.6 Å². The van der Waals surface area contributed by atoms with Gasteiger partial charge in [-0.05, 0) is 30.3 Å². The molecule has 1 amide bonds. The molecule has 0 aliphatic carbocycles. The molecule has 5 heterocycles. The third-order valence-corrected chi connectivity index (χ3v) is 6.39. The Labute approximate surface area is 194 Å². The van der Waals surface area contributed by atoms with Crippen LogP contribution in [-0.4, -0.2) is 61.2 Å². The van der Waals surface area contributed by atoms with Crippen LogP contribution in [0.2, 0.25) is 0 Å². The number of aromatic nitrogens is 5. The molecule has 1 N–H and O–H groups in total. The van der Waals surface area contributed by atoms with E-state index in [-0.39, 0.29) is 24.2 Å². The molecule has 34 heavy (non-hydrogen) atoms. The highest BCUT2D eigenvalue weighted by molar-refractivity contribution is 5.85. The summed E-state index contributed by atoms with van der Waals surface area (Å²) in [6.07, 6.45) is 5.41. The molecule has 4 aromatic heterocycles. The molecule has 170 valence electrons. The number of morpholine rings is 1. The lowest BCUT2D eigenvalue weighted by Crippen LogP contribution is -2.49. The SMILES string of the molecule is CN1C(=O)COC[C@@H]1Cn1c(=O)n(-c2ccccc2)c2ncc(-c3cnc4[nH]ccc4c3)cc21. The normalized spacial score (nSPS) is 16.6. The van der Waals surface area contributed by atoms with Crippen molar-refractivity contribution < 1.29 is 9.53 Å². The summed E-state index contributed by atoms with van der Waals surface area (Å²) in [5, 5.41) is 0.997. The molecule has 6 rings (SSSR count). The molecule has 0 radical (unpaired) electrons. The molecule has 0 bridgehead atoms. The summed E-state index contributed by atoms with van der Waals surface area (Å²) in [5.41, 5.74) is 4.34. The second-order valence-electron chi connectivity index (χ2n) is 8.44. The van der Waals surface area contributed by atoms with Crippen LogP contribution in [0.5, 0.6) is 0 Å². The Morgan fingerprint density at radius 2 is 1.85 bits per heavy atom. The quantitative estimate of drug-likeness (QED) is 0.450. The van der Waals surface area contributed by atoms with Gasteiger partial charge in [-0.2, -0.15) is 0 Å². The number of benzene rings is 1. The number of H-pyrrole nitrogens is 1. The summed E-state index contributed by atoms with van der Waals surface area (Å²) in [6.45, 7) is 0.736. The zero-order valence-electron chi connectivity index (χ0n) is 18.5. The van der Waals surface area contributed by atoms with Crippen LogP contribution in [0, 0.1) is 0 Å². The van der Waals surface area contributed by atoms with Crippen LogP contribution in [-0.2, 0) is 16.1 Å². The van der Waals surface area contributed by atoms with Crippen molar-refractivity contribution in [1.29, 1.82) is 0 Å². The van der Waals surface area contributed by atoms with Crippen LogP contribution in [0.15, 0.2) is 71.9 Å². The monoisotopic (exact) mass is 454 g/mol. The van der Waals surface area contributed by atoms with Gasteiger partial charge in [0.15, 0.2) is 5.65 Å². The Hall–Kier alpha value is -4.24. The maximum atomic E-state index is 13.7. The summed E-state index contributed by atoms with van der Waals surface area (Å²) in [7, 11) is 1.75. The van der Waals surface area contributed by atoms with Crippen LogP contribution in [0.3, 0.4) is 0 Å². The van der Waals surface area contributed by atoms with E-state index < -0.39 is 0 Å². The summed E-state index contributed by atoms with van der Waals surface area (Å²) in [5.74, 6) is -0.0965. The Bertz CT molecular complexity index is 1580. The topological polar surface area (TPSA) is 98.0 Å². The van der Waals surface area contributed by atoms with Gasteiger partial charge in [0.25, 0.3) is 0 Å². The Balaban J connectivity index is 1.53. The minimum absolute atomic E-state index is 0.0635. The van der Waals surface area contributed by atoms with Gasteiger partial charge in [0.2, 0.25) is 5.91 Å². The van der Waals surface area contributed by atoms with Crippen molar-refractivity contribution in [2.24, 2.45) is 0 Å². The number of imidazole rings is 1. The molecule has 1 fully saturated rings. The molecule has 1 aromatic carbocycles. The number of pyridine rings is 2. The Kier molecular flexibility index (Phi) is 4.77. The number of rotatable bonds is 4. The van der Waals surface area contributed by atoms with E-state index in [9.17, 15) is 9.59 Å². The lowest BCUT2D eigenvalue weighted by Gasteiger charge is -2.32. The van der Waals surface area contributed by atoms with E-state index in [0.29, 0.717) is 24.3 Å². The molecule has 0 saturated carbocycles. The van der Waals surface area contributed by atoms with Gasteiger partial charge in [-0.15, -0.1) is 0 Å². The van der Waals surface area contributed by atoms with Crippen LogP contribution in [0.4, 0.5) is 0 Å². The van der Waals surface area contributed by atoms with Crippen LogP contribution in [0.25, 0.3) is 39.0 Å². The highest BCUT2D eigenvalue weighted by atomic mass is 16.5. The Morgan fingerprint density at radius 3 is 2.71 bits per heavy atom. The molecule has 0 spiro atoms. The number of hydrogen-bond donors (Lipinski definition) is 1. The summed E-state index contributed by atoms with van der Waals surface area (Å²) in [6, 6.07) is 15.2. The second-order valence-corrected chi connectivity index (χ2v) is 8.44. The van der Waals surface area contributed by atoms with Crippen molar-refractivity contribution >= 4 is 28.1 Å². The van der Waals surface area contributed by atoms with Gasteiger partial charge in [0, 0.05) is 42.2 Å². The summed E-state index contributed by atoms with van der Waals surface area (Å²) >= 11 is 0. The minimum Gasteiger partial charge on any atom is -0.369 e. The van der Waals surface area contributed by atoms with E-state index in [1.54, 1.807) is 33.5 Å². The lowest BCUT2D eigenvalue weighted by molar-refractivity contribution is -0.146. The predicted octanol–water partition coefficient (Wildman–Crippen LogP) is 2.59. The van der Waals surface area contributed by atoms with E-state index in [2.05, 4.69) is 9.97 Å². The zero-order valence-corrected chi connectivity index (χ0v) is 18.5. The fourth-order valence-corrected chi connectivity index (χ4v) is 4.46. The predicted molar refractivity (Wildman–Crippen MR) is 128 cm³/mol. The van der Waals surface area contributed by atoms with Gasteiger partial charge in [-0.1, -0.05) is 18.2 Å². The molecule has 9 nitrogen and oxygen atoms in total. The van der Waals surface area contributed by atoms with E-state index >= 15 is 0 Å². The number of amides is 1. The third kappa shape index (κ3) is 3.29. The van der Waals surface area contributed by atoms with Crippen LogP contribution >= 0.6 is 0 Å². The van der Waals surface area contributed by atoms with Gasteiger partial charge in [0.05, 0.1) is 30.4 Å². The second kappa shape index (κ2) is 7.96. The number of aromatic amines is 1. The van der Waals surface area contributed by atoms with Gasteiger partial charge in [-0.25, -0.2) is 19.3 Å². The highest BCUT2D eigenvalue weighted by Gasteiger charge is 2.28. The first kappa shape index (κ1) is 20.4. The number of carbonyl (C=O) groups is 1. The fraction of sp³-hybridized carbons (Fsp3) is 0.200. The van der Waals surface area contributed by atoms with E-state index in [0.717, 1.165) is 27.8 Å². The number of nitrogens with one attached hydrogen (secondary N) is 1. The maximum Gasteiger partial charge on any atom is 0.335 e. The smallest absolute Gasteiger partial charge is 0.335 e. The van der Waals surface area contributed by atoms with Crippen molar-refractivity contribution in [3.8, 4) is 16.8 Å². The van der Waals surface area contributed by atoms with Gasteiger partial charge >= 0.3 is 5.69 Å². The molecule has 1 saturated heterocycles. The zero-order chi connectivity index (χ0) is 23.2. The summed E-state index contributed by atoms with van der Waals surface area (Å²) in [4.78, 5) is 39.8. The van der Waals surface area contributed by atoms with Crippen molar-refractivity contribution in [2.75, 3.05) is 20.3 Å². The van der Waals surface area contributed by atoms with Crippen LogP contribution < -0.4 is 5.69 Å². The van der Waals surface area contributed by atoms with Crippen molar-refractivity contribution in [3.05, 3.63) is 77.6 Å². The van der Waals surface area contributed by atoms with Gasteiger partial charge < -0.3 is 14.6 Å². The minimum atomic E-state index is -0.254. The Morgan fingerprint density at radius 1 is 1.06 bits per heavy atom. The molecular weight excluding hydrogens is 432 g/mol. The van der Waals surface area contributed by atoms with E-state index in [4.69, 9.17) is 9.72 Å². The largest absolute Gasteiger partial charge is 0.369 e. The summed E-state index contributed by atoms with van der Waals surface area (Å²) < 4.78 is 8.76. The van der Waals surface area contributed by atoms with E-state index in [1.807, 2.05) is 54.7 Å². The van der Waals surface area contributed by atoms with Crippen molar-refractivity contribution in [3.63, 3.8) is 0 Å². The number of ether oxygens (including phenoxy) is 1. The van der Waals surface area contributed by atoms with E-state index in [1.165, 1.54) is 0 Å². The highest BCUT2D eigenvalue weighted by Crippen LogP contribution is 2.26. The molecule has 1 aliphatic rings. The molecule has 1 atom stereocenters. The number of fused-ring (bicyclic) bond motifs is 2. The van der Waals surface area contributed by atoms with Crippen molar-refractivity contribution in [1.82, 2.24) is 29.0 Å². The first-order valence-corrected chi connectivity index (χ1v) is 11.0. The number of carbonyl (C=O) groups excluding carboxylic acids is 1. The van der Waals surface area contributed by atoms with Gasteiger partial charge in [-0.3, -0.25) is 9.36 Å². The fourth-order valence-electron chi connectivity index (χ4n) is 4.46. The number of hydrogen-bond acceptors (Lipinski definition) is 5. The molecule has 5 aromatic rings. The average molecular weight is 454 g/mol. The molecule has 1 aliphatic heterocycles. The molecule has 0 unspecified atom stereocenters. The average Bonchev–Trinajstić information content (AvgIpc) is 3.44. The first-order valence-electron chi connectivity index (χ1n) is 11.0. The number of nitrogens with zero attached hydrogens (tertiary/aromatic N) is 5. The van der Waals surface area contributed by atoms with Gasteiger partial charge in [0.1, 0.15) is 12.3 Å². The number of para-hydroxylation sites is 1. The maximum absolute atomic E-state index is 13.7. The third-order valence-electron chi connectivity index (χ3n) is 6.39. The van der Waals surface area contributed by atoms with Crippen LogP contribution in [0.1, 0.15) is 0 Å². The molecule has 9 heteroatoms. The molecular formula is C25H22N6O3.